The Balaban J connectivity index is 2.27. The molecule has 0 spiro atoms. The molecule has 0 saturated heterocycles. The second-order valence-corrected chi connectivity index (χ2v) is 4.79. The van der Waals surface area contributed by atoms with Gasteiger partial charge in [-0.25, -0.2) is 4.68 Å². The van der Waals surface area contributed by atoms with E-state index < -0.39 is 0 Å². The summed E-state index contributed by atoms with van der Waals surface area (Å²) in [4.78, 5) is 0. The van der Waals surface area contributed by atoms with Gasteiger partial charge >= 0.3 is 0 Å². The summed E-state index contributed by atoms with van der Waals surface area (Å²) in [6, 6.07) is 5.38. The Bertz CT molecular complexity index is 572. The minimum absolute atomic E-state index is 0.167. The first-order valence-corrected chi connectivity index (χ1v) is 6.36. The van der Waals surface area contributed by atoms with Crippen LogP contribution in [0.25, 0.3) is 0 Å². The summed E-state index contributed by atoms with van der Waals surface area (Å²) in [6.45, 7) is 0.660. The number of aromatic nitrogens is 3. The number of aliphatic hydroxyl groups is 1. The Kier molecular flexibility index (Phi) is 4.76. The third kappa shape index (κ3) is 3.25. The van der Waals surface area contributed by atoms with E-state index in [-0.39, 0.29) is 6.61 Å². The first-order chi connectivity index (χ1) is 9.15. The van der Waals surface area contributed by atoms with Gasteiger partial charge in [-0.1, -0.05) is 34.5 Å². The van der Waals surface area contributed by atoms with Gasteiger partial charge in [0.15, 0.2) is 0 Å². The molecule has 1 heterocycles. The first-order valence-electron chi connectivity index (χ1n) is 5.60. The van der Waals surface area contributed by atoms with Crippen molar-refractivity contribution in [2.45, 2.75) is 19.8 Å². The predicted molar refractivity (Wildman–Crippen MR) is 72.2 cm³/mol. The summed E-state index contributed by atoms with van der Waals surface area (Å²) in [5, 5.41) is 18.1. The van der Waals surface area contributed by atoms with Crippen molar-refractivity contribution in [3.63, 3.8) is 0 Å². The monoisotopic (exact) mass is 301 g/mol. The molecule has 0 bridgehead atoms. The van der Waals surface area contributed by atoms with E-state index in [0.29, 0.717) is 28.9 Å². The van der Waals surface area contributed by atoms with Crippen LogP contribution in [0.1, 0.15) is 17.0 Å². The molecule has 2 aromatic rings. The van der Waals surface area contributed by atoms with Crippen molar-refractivity contribution in [1.29, 1.82) is 0 Å². The zero-order valence-corrected chi connectivity index (χ0v) is 11.8. The summed E-state index contributed by atoms with van der Waals surface area (Å²) in [5.74, 6) is 0. The molecule has 0 unspecified atom stereocenters. The second-order valence-electron chi connectivity index (χ2n) is 3.98. The molecule has 0 amide bonds. The number of methoxy groups -OCH3 is 1. The highest BCUT2D eigenvalue weighted by atomic mass is 35.5. The number of hydrogen-bond acceptors (Lipinski definition) is 4. The van der Waals surface area contributed by atoms with E-state index in [4.69, 9.17) is 27.9 Å². The third-order valence-corrected chi connectivity index (χ3v) is 3.40. The molecule has 2 rings (SSSR count). The number of nitrogens with zero attached hydrogens (tertiary/aromatic N) is 3. The van der Waals surface area contributed by atoms with Crippen LogP contribution in [0.15, 0.2) is 18.2 Å². The minimum Gasteiger partial charge on any atom is -0.390 e. The Hall–Kier alpha value is -1.14. The van der Waals surface area contributed by atoms with Crippen LogP contribution < -0.4 is 0 Å². The molecule has 0 fully saturated rings. The lowest BCUT2D eigenvalue weighted by Crippen LogP contribution is -2.08. The largest absolute Gasteiger partial charge is 0.390 e. The highest BCUT2D eigenvalue weighted by Gasteiger charge is 2.12. The molecule has 0 aliphatic heterocycles. The second kappa shape index (κ2) is 6.34. The van der Waals surface area contributed by atoms with E-state index in [1.54, 1.807) is 23.9 Å². The molecule has 19 heavy (non-hydrogen) atoms. The Labute approximate surface area is 120 Å². The molecule has 7 heteroatoms. The third-order valence-electron chi connectivity index (χ3n) is 2.67. The molecule has 0 aliphatic carbocycles. The Morgan fingerprint density at radius 2 is 2.11 bits per heavy atom. The van der Waals surface area contributed by atoms with Crippen molar-refractivity contribution < 1.29 is 9.84 Å². The van der Waals surface area contributed by atoms with Gasteiger partial charge in [0, 0.05) is 7.11 Å². The SMILES string of the molecule is COCc1c(CO)nnn1Cc1ccc(Cl)c(Cl)c1. The maximum absolute atomic E-state index is 9.20. The first kappa shape index (κ1) is 14.3. The summed E-state index contributed by atoms with van der Waals surface area (Å²) in [7, 11) is 1.58. The van der Waals surface area contributed by atoms with Crippen LogP contribution in [0.3, 0.4) is 0 Å². The predicted octanol–water partition coefficient (Wildman–Crippen LogP) is 2.27. The molecule has 0 radical (unpaired) electrons. The average molecular weight is 302 g/mol. The molecule has 0 saturated carbocycles. The molecule has 102 valence electrons. The highest BCUT2D eigenvalue weighted by molar-refractivity contribution is 6.42. The fourth-order valence-electron chi connectivity index (χ4n) is 1.72. The fraction of sp³-hybridized carbons (Fsp3) is 0.333. The van der Waals surface area contributed by atoms with Crippen molar-refractivity contribution in [3.8, 4) is 0 Å². The number of halogens is 2. The smallest absolute Gasteiger partial charge is 0.114 e. The van der Waals surface area contributed by atoms with Gasteiger partial charge in [-0.2, -0.15) is 0 Å². The summed E-state index contributed by atoms with van der Waals surface area (Å²) < 4.78 is 6.77. The number of hydrogen-bond donors (Lipinski definition) is 1. The zero-order chi connectivity index (χ0) is 13.8. The Morgan fingerprint density at radius 3 is 2.74 bits per heavy atom. The lowest BCUT2D eigenvalue weighted by atomic mass is 10.2. The molecule has 1 aromatic carbocycles. The van der Waals surface area contributed by atoms with Gasteiger partial charge in [0.2, 0.25) is 0 Å². The standard InChI is InChI=1S/C12H13Cl2N3O2/c1-19-7-12-11(6-18)15-16-17(12)5-8-2-3-9(13)10(14)4-8/h2-4,18H,5-7H2,1H3. The molecular formula is C12H13Cl2N3O2. The van der Waals surface area contributed by atoms with Gasteiger partial charge in [-0.3, -0.25) is 0 Å². The minimum atomic E-state index is -0.167. The van der Waals surface area contributed by atoms with E-state index in [1.807, 2.05) is 6.07 Å². The van der Waals surface area contributed by atoms with Crippen molar-refractivity contribution in [3.05, 3.63) is 45.2 Å². The lowest BCUT2D eigenvalue weighted by molar-refractivity contribution is 0.173. The number of aliphatic hydroxyl groups excluding tert-OH is 1. The Morgan fingerprint density at radius 1 is 1.32 bits per heavy atom. The van der Waals surface area contributed by atoms with Gasteiger partial charge in [-0.15, -0.1) is 5.10 Å². The van der Waals surface area contributed by atoms with Gasteiger partial charge in [0.05, 0.1) is 35.5 Å². The van der Waals surface area contributed by atoms with Gasteiger partial charge in [-0.05, 0) is 17.7 Å². The maximum Gasteiger partial charge on any atom is 0.114 e. The fourth-order valence-corrected chi connectivity index (χ4v) is 2.04. The van der Waals surface area contributed by atoms with E-state index in [0.717, 1.165) is 11.3 Å². The number of rotatable bonds is 5. The summed E-state index contributed by atoms with van der Waals surface area (Å²) in [6.07, 6.45) is 0. The van der Waals surface area contributed by atoms with Gasteiger partial charge < -0.3 is 9.84 Å². The van der Waals surface area contributed by atoms with Gasteiger partial charge in [0.25, 0.3) is 0 Å². The maximum atomic E-state index is 9.20. The quantitative estimate of drug-likeness (QED) is 0.920. The van der Waals surface area contributed by atoms with Crippen molar-refractivity contribution in [1.82, 2.24) is 15.0 Å². The molecule has 1 N–H and O–H groups in total. The zero-order valence-electron chi connectivity index (χ0n) is 10.3. The summed E-state index contributed by atoms with van der Waals surface area (Å²) >= 11 is 11.8. The van der Waals surface area contributed by atoms with Crippen LogP contribution in [0.2, 0.25) is 10.0 Å². The van der Waals surface area contributed by atoms with E-state index in [9.17, 15) is 5.11 Å². The average Bonchev–Trinajstić information content (AvgIpc) is 2.77. The van der Waals surface area contributed by atoms with Crippen LogP contribution in [0, 0.1) is 0 Å². The highest BCUT2D eigenvalue weighted by Crippen LogP contribution is 2.23. The van der Waals surface area contributed by atoms with E-state index in [1.165, 1.54) is 0 Å². The van der Waals surface area contributed by atoms with Crippen LogP contribution in [-0.4, -0.2) is 27.2 Å². The van der Waals surface area contributed by atoms with Crippen LogP contribution in [0.5, 0.6) is 0 Å². The summed E-state index contributed by atoms with van der Waals surface area (Å²) in [5.41, 5.74) is 2.21. The van der Waals surface area contributed by atoms with Crippen molar-refractivity contribution >= 4 is 23.2 Å². The molecule has 1 aromatic heterocycles. The molecule has 5 nitrogen and oxygen atoms in total. The lowest BCUT2D eigenvalue weighted by Gasteiger charge is -2.07. The van der Waals surface area contributed by atoms with E-state index in [2.05, 4.69) is 10.3 Å². The topological polar surface area (TPSA) is 60.2 Å². The van der Waals surface area contributed by atoms with Crippen molar-refractivity contribution in [2.24, 2.45) is 0 Å². The van der Waals surface area contributed by atoms with Crippen LogP contribution in [-0.2, 0) is 24.5 Å². The van der Waals surface area contributed by atoms with E-state index >= 15 is 0 Å². The van der Waals surface area contributed by atoms with Crippen LogP contribution >= 0.6 is 23.2 Å². The molecular weight excluding hydrogens is 289 g/mol. The van der Waals surface area contributed by atoms with Crippen LogP contribution in [0.4, 0.5) is 0 Å². The van der Waals surface area contributed by atoms with Crippen molar-refractivity contribution in [2.75, 3.05) is 7.11 Å². The number of ether oxygens (including phenoxy) is 1. The molecule has 0 aliphatic rings. The molecule has 0 atom stereocenters. The normalized spacial score (nSPS) is 10.9. The number of benzene rings is 1. The van der Waals surface area contributed by atoms with Gasteiger partial charge in [0.1, 0.15) is 5.69 Å².